The fourth-order valence-electron chi connectivity index (χ4n) is 0.812. The number of rotatable bonds is 3. The summed E-state index contributed by atoms with van der Waals surface area (Å²) in [6, 6.07) is 4.61. The van der Waals surface area contributed by atoms with Crippen molar-refractivity contribution in [3.63, 3.8) is 0 Å². The number of halogens is 2. The van der Waals surface area contributed by atoms with Gasteiger partial charge in [0.05, 0.1) is 5.02 Å². The zero-order valence-electron chi connectivity index (χ0n) is 7.33. The summed E-state index contributed by atoms with van der Waals surface area (Å²) < 4.78 is 5.07. The minimum atomic E-state index is -1.05. The molecule has 0 fully saturated rings. The number of benzene rings is 1. The summed E-state index contributed by atoms with van der Waals surface area (Å²) in [5.74, 6) is -0.734. The first-order chi connectivity index (χ1) is 6.50. The van der Waals surface area contributed by atoms with Gasteiger partial charge in [0.25, 0.3) is 0 Å². The topological polar surface area (TPSA) is 46.5 Å². The Morgan fingerprint density at radius 3 is 2.53 bits per heavy atom. The van der Waals surface area contributed by atoms with E-state index in [-0.39, 0.29) is 29.6 Å². The Bertz CT molecular complexity index is 357. The predicted molar refractivity (Wildman–Crippen MR) is 61.3 cm³/mol. The van der Waals surface area contributed by atoms with Crippen LogP contribution in [0.5, 0.6) is 5.75 Å². The molecule has 78 valence electrons. The Labute approximate surface area is 120 Å². The monoisotopic (exact) mass is 258 g/mol. The van der Waals surface area contributed by atoms with Crippen molar-refractivity contribution in [3.05, 3.63) is 28.2 Å². The van der Waals surface area contributed by atoms with Gasteiger partial charge in [-0.1, -0.05) is 23.2 Å². The van der Waals surface area contributed by atoms with Gasteiger partial charge in [-0.25, -0.2) is 4.79 Å². The van der Waals surface area contributed by atoms with Crippen LogP contribution in [0.1, 0.15) is 6.92 Å². The van der Waals surface area contributed by atoms with E-state index in [2.05, 4.69) is 0 Å². The molecular weight excluding hydrogens is 250 g/mol. The molecule has 0 aliphatic rings. The standard InChI is InChI=1S/C9H8Cl2O3.Na.H/c1-5(9(12)13)14-8-3-2-6(10)4-7(8)11;;/h2-5H,1H3,(H,12,13);;. The molecule has 3 nitrogen and oxygen atoms in total. The summed E-state index contributed by atoms with van der Waals surface area (Å²) >= 11 is 11.4. The van der Waals surface area contributed by atoms with Gasteiger partial charge in [-0.15, -0.1) is 0 Å². The number of carbonyl (C=O) groups is 1. The van der Waals surface area contributed by atoms with Gasteiger partial charge in [-0.2, -0.15) is 0 Å². The maximum absolute atomic E-state index is 10.5. The van der Waals surface area contributed by atoms with Crippen molar-refractivity contribution in [1.82, 2.24) is 0 Å². The first-order valence-electron chi connectivity index (χ1n) is 3.85. The molecule has 1 rings (SSSR count). The molecule has 0 aromatic heterocycles. The van der Waals surface area contributed by atoms with Gasteiger partial charge in [-0.3, -0.25) is 0 Å². The number of hydrogen-bond acceptors (Lipinski definition) is 2. The molecule has 0 saturated heterocycles. The summed E-state index contributed by atoms with van der Waals surface area (Å²) in [6.07, 6.45) is -0.936. The summed E-state index contributed by atoms with van der Waals surface area (Å²) in [6.45, 7) is 1.42. The number of aliphatic carboxylic acids is 1. The third-order valence-corrected chi connectivity index (χ3v) is 2.08. The van der Waals surface area contributed by atoms with Crippen molar-refractivity contribution >= 4 is 58.7 Å². The molecule has 1 unspecified atom stereocenters. The summed E-state index contributed by atoms with van der Waals surface area (Å²) in [7, 11) is 0. The fourth-order valence-corrected chi connectivity index (χ4v) is 1.26. The van der Waals surface area contributed by atoms with E-state index in [0.29, 0.717) is 15.8 Å². The minimum absolute atomic E-state index is 0. The summed E-state index contributed by atoms with van der Waals surface area (Å²) in [5, 5.41) is 9.37. The van der Waals surface area contributed by atoms with Crippen molar-refractivity contribution in [1.29, 1.82) is 0 Å². The second-order valence-electron chi connectivity index (χ2n) is 2.67. The first-order valence-corrected chi connectivity index (χ1v) is 4.61. The van der Waals surface area contributed by atoms with Crippen molar-refractivity contribution in [2.75, 3.05) is 0 Å². The Balaban J connectivity index is 0.00000196. The number of ether oxygens (including phenoxy) is 1. The molecule has 1 atom stereocenters. The van der Waals surface area contributed by atoms with Gasteiger partial charge in [0, 0.05) is 5.02 Å². The molecule has 0 aliphatic carbocycles. The van der Waals surface area contributed by atoms with Crippen LogP contribution in [0.15, 0.2) is 18.2 Å². The van der Waals surface area contributed by atoms with Crippen molar-refractivity contribution < 1.29 is 14.6 Å². The van der Waals surface area contributed by atoms with E-state index in [0.717, 1.165) is 0 Å². The molecule has 15 heavy (non-hydrogen) atoms. The van der Waals surface area contributed by atoms with Crippen LogP contribution in [0, 0.1) is 0 Å². The molecule has 0 bridgehead atoms. The quantitative estimate of drug-likeness (QED) is 0.846. The van der Waals surface area contributed by atoms with Crippen LogP contribution in [0.4, 0.5) is 0 Å². The predicted octanol–water partition coefficient (Wildman–Crippen LogP) is 2.20. The van der Waals surface area contributed by atoms with E-state index < -0.39 is 12.1 Å². The number of hydrogen-bond donors (Lipinski definition) is 1. The van der Waals surface area contributed by atoms with Crippen LogP contribution in [0.3, 0.4) is 0 Å². The zero-order chi connectivity index (χ0) is 10.7. The van der Waals surface area contributed by atoms with E-state index in [1.54, 1.807) is 6.07 Å². The number of carboxylic acid groups (broad SMARTS) is 1. The Kier molecular flexibility index (Phi) is 6.64. The average molecular weight is 259 g/mol. The van der Waals surface area contributed by atoms with Gasteiger partial charge in [0.1, 0.15) is 5.75 Å². The Hall–Kier alpha value is 0.0700. The molecule has 0 aliphatic heterocycles. The third-order valence-electron chi connectivity index (χ3n) is 1.55. The van der Waals surface area contributed by atoms with Crippen LogP contribution in [0.25, 0.3) is 0 Å². The molecular formula is C9H9Cl2NaO3. The zero-order valence-corrected chi connectivity index (χ0v) is 8.84. The van der Waals surface area contributed by atoms with E-state index in [9.17, 15) is 4.79 Å². The van der Waals surface area contributed by atoms with Crippen molar-refractivity contribution in [2.24, 2.45) is 0 Å². The van der Waals surface area contributed by atoms with Crippen LogP contribution >= 0.6 is 23.2 Å². The molecule has 0 radical (unpaired) electrons. The van der Waals surface area contributed by atoms with Crippen molar-refractivity contribution in [3.8, 4) is 5.75 Å². The number of carboxylic acids is 1. The molecule has 6 heteroatoms. The van der Waals surface area contributed by atoms with Crippen LogP contribution in [-0.2, 0) is 4.79 Å². The van der Waals surface area contributed by atoms with Crippen LogP contribution < -0.4 is 4.74 Å². The maximum atomic E-state index is 10.5. The molecule has 1 N–H and O–H groups in total. The molecule has 1 aromatic carbocycles. The van der Waals surface area contributed by atoms with Crippen LogP contribution in [-0.4, -0.2) is 46.7 Å². The molecule has 0 spiro atoms. The van der Waals surface area contributed by atoms with E-state index in [4.69, 9.17) is 33.0 Å². The fraction of sp³-hybridized carbons (Fsp3) is 0.222. The van der Waals surface area contributed by atoms with E-state index in [1.165, 1.54) is 19.1 Å². The van der Waals surface area contributed by atoms with Crippen molar-refractivity contribution in [2.45, 2.75) is 13.0 Å². The molecule has 0 amide bonds. The van der Waals surface area contributed by atoms with E-state index in [1.807, 2.05) is 0 Å². The van der Waals surface area contributed by atoms with Gasteiger partial charge in [0.2, 0.25) is 0 Å². The summed E-state index contributed by atoms with van der Waals surface area (Å²) in [4.78, 5) is 10.5. The van der Waals surface area contributed by atoms with Gasteiger partial charge >= 0.3 is 35.5 Å². The first kappa shape index (κ1) is 15.1. The Morgan fingerprint density at radius 2 is 2.07 bits per heavy atom. The molecule has 1 aromatic rings. The molecule has 0 saturated carbocycles. The second-order valence-corrected chi connectivity index (χ2v) is 3.52. The Morgan fingerprint density at radius 1 is 1.47 bits per heavy atom. The normalized spacial score (nSPS) is 11.4. The van der Waals surface area contributed by atoms with E-state index >= 15 is 0 Å². The molecule has 0 heterocycles. The second kappa shape index (κ2) is 6.61. The SMILES string of the molecule is CC(Oc1ccc(Cl)cc1Cl)C(=O)O.[NaH]. The van der Waals surface area contributed by atoms with Crippen LogP contribution in [0.2, 0.25) is 10.0 Å². The van der Waals surface area contributed by atoms with Gasteiger partial charge in [0.15, 0.2) is 6.10 Å². The average Bonchev–Trinajstić information content (AvgIpc) is 2.09. The summed E-state index contributed by atoms with van der Waals surface area (Å²) in [5.41, 5.74) is 0. The van der Waals surface area contributed by atoms with Gasteiger partial charge in [-0.05, 0) is 25.1 Å². The third kappa shape index (κ3) is 4.62. The van der Waals surface area contributed by atoms with Gasteiger partial charge < -0.3 is 9.84 Å².